The summed E-state index contributed by atoms with van der Waals surface area (Å²) in [5.41, 5.74) is 1.06. The van der Waals surface area contributed by atoms with Crippen molar-refractivity contribution < 1.29 is 8.42 Å². The molecule has 0 aliphatic rings. The average Bonchev–Trinajstić information content (AvgIpc) is 2.85. The summed E-state index contributed by atoms with van der Waals surface area (Å²) in [6, 6.07) is 10.7. The number of likely N-dealkylation sites (N-methyl/N-ethyl adjacent to an activating group) is 1. The number of hydrogen-bond donors (Lipinski definition) is 1. The number of nitrogens with zero attached hydrogens (tertiary/aromatic N) is 2. The summed E-state index contributed by atoms with van der Waals surface area (Å²) in [5, 5.41) is 0. The van der Waals surface area contributed by atoms with Crippen molar-refractivity contribution >= 4 is 26.0 Å². The van der Waals surface area contributed by atoms with Gasteiger partial charge in [0.05, 0.1) is 10.9 Å². The summed E-state index contributed by atoms with van der Waals surface area (Å²) in [7, 11) is 2.27. The van der Waals surface area contributed by atoms with Gasteiger partial charge in [0.1, 0.15) is 0 Å². The van der Waals surface area contributed by atoms with Crippen molar-refractivity contribution in [3.63, 3.8) is 0 Å². The van der Waals surface area contributed by atoms with Crippen molar-refractivity contribution in [2.24, 2.45) is 7.05 Å². The Morgan fingerprint density at radius 1 is 1.23 bits per heavy atom. The standard InChI is InChI=1S/C15H20BrN3O2S/c1-18(2)14(13-8-6-10-19(13)3)11-17-22(20,21)15-9-5-4-7-12(15)16/h4-10,14,17H,11H2,1-3H3. The molecule has 1 heterocycles. The third kappa shape index (κ3) is 3.78. The lowest BCUT2D eigenvalue weighted by atomic mass is 10.2. The molecule has 22 heavy (non-hydrogen) atoms. The highest BCUT2D eigenvalue weighted by molar-refractivity contribution is 9.10. The topological polar surface area (TPSA) is 54.3 Å². The third-order valence-corrected chi connectivity index (χ3v) is 5.98. The van der Waals surface area contributed by atoms with E-state index in [0.29, 0.717) is 11.0 Å². The number of halogens is 1. The van der Waals surface area contributed by atoms with E-state index in [9.17, 15) is 8.42 Å². The van der Waals surface area contributed by atoms with Crippen LogP contribution in [0.3, 0.4) is 0 Å². The van der Waals surface area contributed by atoms with E-state index in [1.807, 2.05) is 48.9 Å². The van der Waals surface area contributed by atoms with Crippen LogP contribution in [0.1, 0.15) is 11.7 Å². The molecule has 2 rings (SSSR count). The zero-order chi connectivity index (χ0) is 16.3. The van der Waals surface area contributed by atoms with Gasteiger partial charge < -0.3 is 4.57 Å². The van der Waals surface area contributed by atoms with Crippen LogP contribution in [0.2, 0.25) is 0 Å². The Hall–Kier alpha value is -1.15. The van der Waals surface area contributed by atoms with E-state index in [4.69, 9.17) is 0 Å². The van der Waals surface area contributed by atoms with Crippen LogP contribution in [0.15, 0.2) is 52.0 Å². The maximum Gasteiger partial charge on any atom is 0.241 e. The Balaban J connectivity index is 2.20. The molecule has 1 N–H and O–H groups in total. The van der Waals surface area contributed by atoms with Crippen LogP contribution in [0, 0.1) is 0 Å². The van der Waals surface area contributed by atoms with Crippen LogP contribution in [-0.2, 0) is 17.1 Å². The fraction of sp³-hybridized carbons (Fsp3) is 0.333. The molecule has 0 aliphatic carbocycles. The molecule has 120 valence electrons. The van der Waals surface area contributed by atoms with E-state index in [1.54, 1.807) is 24.3 Å². The van der Waals surface area contributed by atoms with Gasteiger partial charge in [0.2, 0.25) is 10.0 Å². The Bertz CT molecular complexity index is 741. The van der Waals surface area contributed by atoms with E-state index >= 15 is 0 Å². The first-order chi connectivity index (χ1) is 10.3. The predicted octanol–water partition coefficient (Wildman–Crippen LogP) is 2.37. The minimum Gasteiger partial charge on any atom is -0.353 e. The number of nitrogens with one attached hydrogen (secondary N) is 1. The lowest BCUT2D eigenvalue weighted by Gasteiger charge is -2.25. The van der Waals surface area contributed by atoms with E-state index in [-0.39, 0.29) is 10.9 Å². The normalized spacial score (nSPS) is 13.5. The van der Waals surface area contributed by atoms with Gasteiger partial charge in [0.25, 0.3) is 0 Å². The van der Waals surface area contributed by atoms with Crippen molar-refractivity contribution in [2.45, 2.75) is 10.9 Å². The van der Waals surface area contributed by atoms with Crippen LogP contribution >= 0.6 is 15.9 Å². The lowest BCUT2D eigenvalue weighted by Crippen LogP contribution is -2.35. The van der Waals surface area contributed by atoms with Gasteiger partial charge in [-0.1, -0.05) is 12.1 Å². The second-order valence-corrected chi connectivity index (χ2v) is 7.90. The predicted molar refractivity (Wildman–Crippen MR) is 91.2 cm³/mol. The van der Waals surface area contributed by atoms with E-state index in [2.05, 4.69) is 20.7 Å². The minimum absolute atomic E-state index is 0.0442. The molecule has 0 aliphatic heterocycles. The van der Waals surface area contributed by atoms with E-state index in [0.717, 1.165) is 5.69 Å². The van der Waals surface area contributed by atoms with Gasteiger partial charge >= 0.3 is 0 Å². The quantitative estimate of drug-likeness (QED) is 0.830. The first-order valence-corrected chi connectivity index (χ1v) is 9.12. The van der Waals surface area contributed by atoms with Gasteiger partial charge in [-0.25, -0.2) is 13.1 Å². The number of sulfonamides is 1. The van der Waals surface area contributed by atoms with Gasteiger partial charge in [-0.15, -0.1) is 0 Å². The van der Waals surface area contributed by atoms with Crippen LogP contribution in [0.25, 0.3) is 0 Å². The number of hydrogen-bond acceptors (Lipinski definition) is 3. The largest absolute Gasteiger partial charge is 0.353 e. The van der Waals surface area contributed by atoms with Crippen molar-refractivity contribution in [2.75, 3.05) is 20.6 Å². The Kier molecular flexibility index (Phi) is 5.44. The summed E-state index contributed by atoms with van der Waals surface area (Å²) in [6.45, 7) is 0.300. The molecule has 0 saturated carbocycles. The summed E-state index contributed by atoms with van der Waals surface area (Å²) in [5.74, 6) is 0. The number of aromatic nitrogens is 1. The highest BCUT2D eigenvalue weighted by Crippen LogP contribution is 2.22. The van der Waals surface area contributed by atoms with Crippen LogP contribution in [-0.4, -0.2) is 38.5 Å². The van der Waals surface area contributed by atoms with Crippen LogP contribution < -0.4 is 4.72 Å². The summed E-state index contributed by atoms with van der Waals surface area (Å²) < 4.78 is 30.2. The van der Waals surface area contributed by atoms with Gasteiger partial charge in [-0.3, -0.25) is 4.90 Å². The van der Waals surface area contributed by atoms with Crippen LogP contribution in [0.5, 0.6) is 0 Å². The zero-order valence-electron chi connectivity index (χ0n) is 12.8. The van der Waals surface area contributed by atoms with Gasteiger partial charge in [0.15, 0.2) is 0 Å². The highest BCUT2D eigenvalue weighted by Gasteiger charge is 2.22. The lowest BCUT2D eigenvalue weighted by molar-refractivity contribution is 0.289. The Labute approximate surface area is 140 Å². The van der Waals surface area contributed by atoms with Crippen molar-refractivity contribution in [1.82, 2.24) is 14.2 Å². The fourth-order valence-corrected chi connectivity index (χ4v) is 4.34. The molecule has 0 spiro atoms. The van der Waals surface area contributed by atoms with Crippen molar-refractivity contribution in [3.05, 3.63) is 52.8 Å². The number of benzene rings is 1. The molecule has 0 radical (unpaired) electrons. The molecule has 1 aromatic carbocycles. The van der Waals surface area contributed by atoms with E-state index in [1.165, 1.54) is 0 Å². The second-order valence-electron chi connectivity index (χ2n) is 5.31. The maximum absolute atomic E-state index is 12.5. The third-order valence-electron chi connectivity index (χ3n) is 3.54. The minimum atomic E-state index is -3.56. The number of aryl methyl sites for hydroxylation is 1. The second kappa shape index (κ2) is 6.95. The molecule has 1 unspecified atom stereocenters. The fourth-order valence-electron chi connectivity index (χ4n) is 2.30. The first kappa shape index (κ1) is 17.2. The van der Waals surface area contributed by atoms with Crippen LogP contribution in [0.4, 0.5) is 0 Å². The smallest absolute Gasteiger partial charge is 0.241 e. The molecule has 1 atom stereocenters. The number of rotatable bonds is 6. The van der Waals surface area contributed by atoms with Crippen molar-refractivity contribution in [1.29, 1.82) is 0 Å². The van der Waals surface area contributed by atoms with Gasteiger partial charge in [0, 0.05) is 30.0 Å². The molecule has 0 amide bonds. The SMILES string of the molecule is CN(C)C(CNS(=O)(=O)c1ccccc1Br)c1cccn1C. The molecule has 5 nitrogen and oxygen atoms in total. The monoisotopic (exact) mass is 385 g/mol. The Morgan fingerprint density at radius 2 is 1.91 bits per heavy atom. The molecular weight excluding hydrogens is 366 g/mol. The summed E-state index contributed by atoms with van der Waals surface area (Å²) >= 11 is 3.28. The zero-order valence-corrected chi connectivity index (χ0v) is 15.2. The molecule has 7 heteroatoms. The molecule has 0 bridgehead atoms. The Morgan fingerprint density at radius 3 is 2.45 bits per heavy atom. The maximum atomic E-state index is 12.5. The highest BCUT2D eigenvalue weighted by atomic mass is 79.9. The summed E-state index contributed by atoms with van der Waals surface area (Å²) in [6.07, 6.45) is 1.95. The van der Waals surface area contributed by atoms with E-state index < -0.39 is 10.0 Å². The molecule has 0 fully saturated rings. The molecule has 2 aromatic rings. The van der Waals surface area contributed by atoms with Gasteiger partial charge in [-0.05, 0) is 54.3 Å². The average molecular weight is 386 g/mol. The van der Waals surface area contributed by atoms with Gasteiger partial charge in [-0.2, -0.15) is 0 Å². The van der Waals surface area contributed by atoms with Crippen molar-refractivity contribution in [3.8, 4) is 0 Å². The first-order valence-electron chi connectivity index (χ1n) is 6.85. The molecular formula is C15H20BrN3O2S. The summed E-state index contributed by atoms with van der Waals surface area (Å²) in [4.78, 5) is 2.25. The molecule has 1 aromatic heterocycles. The molecule has 0 saturated heterocycles.